The number of aliphatic carboxylic acids is 1. The Morgan fingerprint density at radius 1 is 0.967 bits per heavy atom. The van der Waals surface area contributed by atoms with E-state index >= 15 is 0 Å². The fourth-order valence-corrected chi connectivity index (χ4v) is 3.83. The topological polar surface area (TPSA) is 121 Å². The molecular weight excluding hydrogens is 528 g/mol. The number of nitrogens with zero attached hydrogens (tertiary/aromatic N) is 2. The number of hydrogen-bond acceptors (Lipinski definition) is 6. The summed E-state index contributed by atoms with van der Waals surface area (Å²) in [7, 11) is 0. The van der Waals surface area contributed by atoms with Crippen molar-refractivity contribution in [2.45, 2.75) is 12.5 Å². The highest BCUT2D eigenvalue weighted by molar-refractivity contribution is 9.12. The van der Waals surface area contributed by atoms with Gasteiger partial charge in [-0.25, -0.2) is 4.79 Å². The summed E-state index contributed by atoms with van der Waals surface area (Å²) in [5.74, 6) is -2.97. The van der Waals surface area contributed by atoms with Crippen molar-refractivity contribution in [3.05, 3.63) is 50.9 Å². The van der Waals surface area contributed by atoms with Crippen LogP contribution in [0.5, 0.6) is 5.75 Å². The molecule has 156 valence electrons. The smallest absolute Gasteiger partial charge is 0.341 e. The van der Waals surface area contributed by atoms with Gasteiger partial charge in [0, 0.05) is 12.2 Å². The van der Waals surface area contributed by atoms with E-state index in [-0.39, 0.29) is 21.9 Å². The third-order valence-electron chi connectivity index (χ3n) is 4.39. The summed E-state index contributed by atoms with van der Waals surface area (Å²) >= 11 is 6.06. The molecule has 0 spiro atoms. The van der Waals surface area contributed by atoms with Crippen molar-refractivity contribution >= 4 is 61.5 Å². The molecule has 4 amide bonds. The molecule has 1 atom stereocenters. The van der Waals surface area contributed by atoms with Crippen LogP contribution >= 0.6 is 31.9 Å². The van der Waals surface area contributed by atoms with Gasteiger partial charge in [-0.05, 0) is 56.0 Å². The molecule has 2 aliphatic heterocycles. The lowest BCUT2D eigenvalue weighted by molar-refractivity contribution is -0.145. The Kier molecular flexibility index (Phi) is 6.52. The molecular formula is C19H14Br2N2O7. The van der Waals surface area contributed by atoms with E-state index in [4.69, 9.17) is 9.84 Å². The predicted octanol–water partition coefficient (Wildman–Crippen LogP) is 1.36. The summed E-state index contributed by atoms with van der Waals surface area (Å²) in [6.07, 6.45) is 2.44. The van der Waals surface area contributed by atoms with E-state index in [1.54, 1.807) is 24.3 Å². The van der Waals surface area contributed by atoms with E-state index in [0.29, 0.717) is 11.3 Å². The Hall–Kier alpha value is -2.79. The van der Waals surface area contributed by atoms with Crippen LogP contribution in [0.2, 0.25) is 0 Å². The molecule has 0 saturated heterocycles. The van der Waals surface area contributed by atoms with Crippen LogP contribution in [0.4, 0.5) is 0 Å². The Morgan fingerprint density at radius 3 is 2.07 bits per heavy atom. The molecule has 0 radical (unpaired) electrons. The van der Waals surface area contributed by atoms with Crippen LogP contribution in [0.3, 0.4) is 0 Å². The first-order valence-corrected chi connectivity index (χ1v) is 10.2. The van der Waals surface area contributed by atoms with Crippen molar-refractivity contribution in [3.8, 4) is 5.75 Å². The van der Waals surface area contributed by atoms with E-state index in [1.165, 1.54) is 0 Å². The van der Waals surface area contributed by atoms with Crippen molar-refractivity contribution in [1.82, 2.24) is 9.80 Å². The number of hydrogen-bond donors (Lipinski definition) is 1. The Bertz CT molecular complexity index is 1000. The molecule has 0 fully saturated rings. The van der Waals surface area contributed by atoms with Gasteiger partial charge in [-0.2, -0.15) is 0 Å². The number of imide groups is 2. The van der Waals surface area contributed by atoms with Gasteiger partial charge in [0.2, 0.25) is 0 Å². The molecule has 1 aromatic carbocycles. The molecule has 30 heavy (non-hydrogen) atoms. The van der Waals surface area contributed by atoms with E-state index in [9.17, 15) is 24.0 Å². The average Bonchev–Trinajstić information content (AvgIpc) is 3.08. The molecule has 11 heteroatoms. The van der Waals surface area contributed by atoms with E-state index in [0.717, 1.165) is 22.0 Å². The summed E-state index contributed by atoms with van der Waals surface area (Å²) in [6, 6.07) is 5.61. The highest BCUT2D eigenvalue weighted by Gasteiger charge is 2.39. The first-order chi connectivity index (χ1) is 14.2. The molecule has 0 saturated carbocycles. The van der Waals surface area contributed by atoms with Gasteiger partial charge < -0.3 is 9.84 Å². The quantitative estimate of drug-likeness (QED) is 0.493. The van der Waals surface area contributed by atoms with Crippen molar-refractivity contribution in [3.63, 3.8) is 0 Å². The summed E-state index contributed by atoms with van der Waals surface area (Å²) in [5.41, 5.74) is 0.692. The third-order valence-corrected chi connectivity index (χ3v) is 5.53. The summed E-state index contributed by atoms with van der Waals surface area (Å²) in [5, 5.41) is 8.67. The third kappa shape index (κ3) is 4.68. The molecule has 3 rings (SSSR count). The largest absolute Gasteiger partial charge is 0.482 e. The van der Waals surface area contributed by atoms with Gasteiger partial charge in [-0.15, -0.1) is 0 Å². The van der Waals surface area contributed by atoms with E-state index in [2.05, 4.69) is 31.9 Å². The number of ether oxygens (including phenoxy) is 1. The summed E-state index contributed by atoms with van der Waals surface area (Å²) < 4.78 is 5.27. The molecule has 2 heterocycles. The zero-order valence-corrected chi connectivity index (χ0v) is 18.4. The standard InChI is InChI=1S/C19H14Br2N2O7/c20-13-6-15(24)22(18(13)28)8-11(23-16(25)7-14(21)19(23)29)5-10-1-3-12(4-2-10)30-9-17(26)27/h1-4,6-7,11H,5,8-9H2,(H,26,27)/t11-/m0/s1. The molecule has 1 N–H and O–H groups in total. The minimum Gasteiger partial charge on any atom is -0.482 e. The maximum atomic E-state index is 12.5. The van der Waals surface area contributed by atoms with Crippen LogP contribution < -0.4 is 4.74 Å². The number of halogens is 2. The van der Waals surface area contributed by atoms with Crippen LogP contribution in [0.1, 0.15) is 5.56 Å². The van der Waals surface area contributed by atoms with E-state index < -0.39 is 42.2 Å². The Labute approximate surface area is 187 Å². The molecule has 0 aromatic heterocycles. The van der Waals surface area contributed by atoms with Crippen molar-refractivity contribution in [2.75, 3.05) is 13.2 Å². The van der Waals surface area contributed by atoms with Gasteiger partial charge in [0.05, 0.1) is 21.6 Å². The lowest BCUT2D eigenvalue weighted by Crippen LogP contribution is -2.50. The van der Waals surface area contributed by atoms with Gasteiger partial charge in [-0.3, -0.25) is 29.0 Å². The first-order valence-electron chi connectivity index (χ1n) is 8.58. The molecule has 9 nitrogen and oxygen atoms in total. The predicted molar refractivity (Wildman–Crippen MR) is 110 cm³/mol. The Morgan fingerprint density at radius 2 is 1.57 bits per heavy atom. The molecule has 1 aromatic rings. The number of carboxylic acid groups (broad SMARTS) is 1. The lowest BCUT2D eigenvalue weighted by Gasteiger charge is -2.29. The second kappa shape index (κ2) is 8.92. The maximum Gasteiger partial charge on any atom is 0.341 e. The number of rotatable bonds is 8. The summed E-state index contributed by atoms with van der Waals surface area (Å²) in [6.45, 7) is -0.661. The fraction of sp³-hybridized carbons (Fsp3) is 0.211. The highest BCUT2D eigenvalue weighted by atomic mass is 79.9. The van der Waals surface area contributed by atoms with Crippen molar-refractivity contribution in [1.29, 1.82) is 0 Å². The number of amides is 4. The number of carbonyl (C=O) groups is 5. The monoisotopic (exact) mass is 540 g/mol. The number of carbonyl (C=O) groups excluding carboxylic acids is 4. The minimum atomic E-state index is -1.11. The highest BCUT2D eigenvalue weighted by Crippen LogP contribution is 2.26. The maximum absolute atomic E-state index is 12.5. The summed E-state index contributed by atoms with van der Waals surface area (Å²) in [4.78, 5) is 61.7. The van der Waals surface area contributed by atoms with Crippen LogP contribution in [-0.4, -0.2) is 63.7 Å². The molecule has 2 aliphatic rings. The van der Waals surface area contributed by atoms with Crippen LogP contribution in [0, 0.1) is 0 Å². The fourth-order valence-electron chi connectivity index (χ4n) is 3.04. The zero-order valence-electron chi connectivity index (χ0n) is 15.2. The second-order valence-electron chi connectivity index (χ2n) is 6.44. The lowest BCUT2D eigenvalue weighted by atomic mass is 10.0. The minimum absolute atomic E-state index is 0.0910. The van der Waals surface area contributed by atoms with Crippen LogP contribution in [0.25, 0.3) is 0 Å². The second-order valence-corrected chi connectivity index (χ2v) is 8.14. The van der Waals surface area contributed by atoms with Gasteiger partial charge in [-0.1, -0.05) is 12.1 Å². The van der Waals surface area contributed by atoms with Gasteiger partial charge in [0.25, 0.3) is 23.6 Å². The first kappa shape index (κ1) is 21.9. The molecule has 0 aliphatic carbocycles. The normalized spacial score (nSPS) is 17.4. The zero-order chi connectivity index (χ0) is 22.0. The van der Waals surface area contributed by atoms with Gasteiger partial charge >= 0.3 is 5.97 Å². The molecule has 0 bridgehead atoms. The van der Waals surface area contributed by atoms with Gasteiger partial charge in [0.1, 0.15) is 5.75 Å². The van der Waals surface area contributed by atoms with Crippen molar-refractivity contribution in [2.24, 2.45) is 0 Å². The van der Waals surface area contributed by atoms with Crippen molar-refractivity contribution < 1.29 is 33.8 Å². The van der Waals surface area contributed by atoms with Gasteiger partial charge in [0.15, 0.2) is 6.61 Å². The molecule has 0 unspecified atom stereocenters. The number of benzene rings is 1. The Balaban J connectivity index is 1.81. The number of carboxylic acids is 1. The van der Waals surface area contributed by atoms with Crippen LogP contribution in [0.15, 0.2) is 45.4 Å². The van der Waals surface area contributed by atoms with E-state index in [1.807, 2.05) is 0 Å². The average molecular weight is 542 g/mol. The SMILES string of the molecule is O=C(O)COc1ccc(C[C@@H](CN2C(=O)C=C(Br)C2=O)N2C(=O)C=C(Br)C2=O)cc1. The van der Waals surface area contributed by atoms with Crippen LogP contribution in [-0.2, 0) is 30.4 Å².